The number of hydrogen-bond donors (Lipinski definition) is 1. The molecular weight excluding hydrogens is 160 g/mol. The lowest BCUT2D eigenvalue weighted by molar-refractivity contribution is -0.104. The van der Waals surface area contributed by atoms with Gasteiger partial charge < -0.3 is 5.73 Å². The summed E-state index contributed by atoms with van der Waals surface area (Å²) in [6, 6.07) is 0. The maximum atomic E-state index is 12.0. The molecular formula is C6H8ClF2N. The van der Waals surface area contributed by atoms with Crippen LogP contribution in [0.5, 0.6) is 0 Å². The van der Waals surface area contributed by atoms with Crippen molar-refractivity contribution < 1.29 is 8.78 Å². The molecule has 0 aliphatic heterocycles. The Labute approximate surface area is 64.4 Å². The normalized spacial score (nSPS) is 25.4. The molecule has 0 heterocycles. The molecule has 2 N–H and O–H groups in total. The van der Waals surface area contributed by atoms with Crippen LogP contribution in [0.15, 0.2) is 0 Å². The van der Waals surface area contributed by atoms with Gasteiger partial charge in [0.2, 0.25) is 0 Å². The van der Waals surface area contributed by atoms with Crippen LogP contribution in [0.1, 0.15) is 12.8 Å². The average Bonchev–Trinajstić information content (AvgIpc) is 1.61. The van der Waals surface area contributed by atoms with Gasteiger partial charge >= 0.3 is 0 Å². The summed E-state index contributed by atoms with van der Waals surface area (Å²) in [6.07, 6.45) is 4.15. The summed E-state index contributed by atoms with van der Waals surface area (Å²) in [5.74, 6) is -0.479. The molecule has 0 radical (unpaired) electrons. The molecule has 1 saturated carbocycles. The molecule has 0 amide bonds. The standard InChI is InChI=1S/C6H7F2N.ClH/c1-2-5(9)3-6(7,8)4-5;/h1H,3-4,9H2;1H. The molecule has 0 bridgehead atoms. The van der Waals surface area contributed by atoms with Crippen LogP contribution in [0, 0.1) is 12.3 Å². The van der Waals surface area contributed by atoms with Gasteiger partial charge in [-0.1, -0.05) is 5.92 Å². The second kappa shape index (κ2) is 2.37. The van der Waals surface area contributed by atoms with Gasteiger partial charge in [-0.05, 0) is 0 Å². The number of nitrogens with two attached hydrogens (primary N) is 1. The molecule has 0 atom stereocenters. The molecule has 0 unspecified atom stereocenters. The van der Waals surface area contributed by atoms with Crippen LogP contribution >= 0.6 is 12.4 Å². The molecule has 0 spiro atoms. The van der Waals surface area contributed by atoms with Crippen molar-refractivity contribution in [3.05, 3.63) is 0 Å². The summed E-state index contributed by atoms with van der Waals surface area (Å²) in [5, 5.41) is 0. The lowest BCUT2D eigenvalue weighted by atomic mass is 9.75. The van der Waals surface area contributed by atoms with Gasteiger partial charge in [0.15, 0.2) is 0 Å². The number of terminal acetylenes is 1. The van der Waals surface area contributed by atoms with Gasteiger partial charge in [0.25, 0.3) is 5.92 Å². The van der Waals surface area contributed by atoms with Crippen LogP contribution in [0.25, 0.3) is 0 Å². The van der Waals surface area contributed by atoms with Crippen molar-refractivity contribution in [2.45, 2.75) is 24.3 Å². The Morgan fingerprint density at radius 1 is 1.40 bits per heavy atom. The van der Waals surface area contributed by atoms with Gasteiger partial charge in [0, 0.05) is 12.8 Å². The maximum Gasteiger partial charge on any atom is 0.253 e. The van der Waals surface area contributed by atoms with Crippen molar-refractivity contribution in [3.8, 4) is 12.3 Å². The van der Waals surface area contributed by atoms with Crippen molar-refractivity contribution in [1.29, 1.82) is 0 Å². The zero-order valence-electron chi connectivity index (χ0n) is 5.23. The van der Waals surface area contributed by atoms with Crippen molar-refractivity contribution in [3.63, 3.8) is 0 Å². The summed E-state index contributed by atoms with van der Waals surface area (Å²) in [7, 11) is 0. The van der Waals surface area contributed by atoms with E-state index in [0.29, 0.717) is 0 Å². The minimum atomic E-state index is -2.61. The summed E-state index contributed by atoms with van der Waals surface area (Å²) in [6.45, 7) is 0. The van der Waals surface area contributed by atoms with Crippen LogP contribution in [0.2, 0.25) is 0 Å². The molecule has 1 fully saturated rings. The lowest BCUT2D eigenvalue weighted by Gasteiger charge is -2.40. The zero-order chi connectivity index (χ0) is 7.12. The first-order valence-corrected chi connectivity index (χ1v) is 2.62. The SMILES string of the molecule is C#CC1(N)CC(F)(F)C1.Cl. The smallest absolute Gasteiger partial charge is 0.253 e. The van der Waals surface area contributed by atoms with Crippen molar-refractivity contribution >= 4 is 12.4 Å². The lowest BCUT2D eigenvalue weighted by Crippen LogP contribution is -2.57. The number of hydrogen-bond acceptors (Lipinski definition) is 1. The Morgan fingerprint density at radius 2 is 1.80 bits per heavy atom. The highest BCUT2D eigenvalue weighted by atomic mass is 35.5. The van der Waals surface area contributed by atoms with Crippen molar-refractivity contribution in [2.75, 3.05) is 0 Å². The Balaban J connectivity index is 0.000000810. The fourth-order valence-corrected chi connectivity index (χ4v) is 0.973. The van der Waals surface area contributed by atoms with Gasteiger partial charge in [-0.2, -0.15) is 0 Å². The third-order valence-corrected chi connectivity index (χ3v) is 1.44. The van der Waals surface area contributed by atoms with Crippen LogP contribution in [0.4, 0.5) is 8.78 Å². The predicted molar refractivity (Wildman–Crippen MR) is 37.2 cm³/mol. The fraction of sp³-hybridized carbons (Fsp3) is 0.667. The van der Waals surface area contributed by atoms with Crippen LogP contribution in [0.3, 0.4) is 0 Å². The molecule has 0 aromatic carbocycles. The summed E-state index contributed by atoms with van der Waals surface area (Å²) >= 11 is 0. The molecule has 1 rings (SSSR count). The molecule has 0 saturated heterocycles. The number of halogens is 3. The second-order valence-corrected chi connectivity index (χ2v) is 2.51. The number of rotatable bonds is 0. The van der Waals surface area contributed by atoms with Gasteiger partial charge in [-0.25, -0.2) is 8.78 Å². The molecule has 58 valence electrons. The summed E-state index contributed by atoms with van der Waals surface area (Å²) in [4.78, 5) is 0. The Kier molecular flexibility index (Phi) is 2.29. The van der Waals surface area contributed by atoms with Crippen molar-refractivity contribution in [2.24, 2.45) is 5.73 Å². The highest BCUT2D eigenvalue weighted by Gasteiger charge is 2.53. The Hall–Kier alpha value is -0.330. The molecule has 1 aliphatic rings. The highest BCUT2D eigenvalue weighted by Crippen LogP contribution is 2.43. The zero-order valence-corrected chi connectivity index (χ0v) is 6.05. The van der Waals surface area contributed by atoms with Gasteiger partial charge in [0.1, 0.15) is 0 Å². The van der Waals surface area contributed by atoms with Gasteiger partial charge in [-0.15, -0.1) is 18.8 Å². The number of alkyl halides is 2. The first kappa shape index (κ1) is 9.67. The largest absolute Gasteiger partial charge is 0.315 e. The van der Waals surface area contributed by atoms with E-state index in [9.17, 15) is 8.78 Å². The van der Waals surface area contributed by atoms with Crippen LogP contribution < -0.4 is 5.73 Å². The van der Waals surface area contributed by atoms with E-state index < -0.39 is 11.5 Å². The average molecular weight is 168 g/mol. The molecule has 0 aromatic heterocycles. The summed E-state index contributed by atoms with van der Waals surface area (Å²) in [5.41, 5.74) is 4.24. The van der Waals surface area contributed by atoms with E-state index in [0.717, 1.165) is 0 Å². The van der Waals surface area contributed by atoms with E-state index >= 15 is 0 Å². The first-order valence-electron chi connectivity index (χ1n) is 2.62. The molecule has 0 aromatic rings. The highest BCUT2D eigenvalue weighted by molar-refractivity contribution is 5.85. The first-order chi connectivity index (χ1) is 3.97. The van der Waals surface area contributed by atoms with Gasteiger partial charge in [-0.3, -0.25) is 0 Å². The Bertz CT molecular complexity index is 165. The summed E-state index contributed by atoms with van der Waals surface area (Å²) < 4.78 is 24.1. The van der Waals surface area contributed by atoms with Gasteiger partial charge in [0.05, 0.1) is 5.54 Å². The van der Waals surface area contributed by atoms with E-state index in [2.05, 4.69) is 5.92 Å². The fourth-order valence-electron chi connectivity index (χ4n) is 0.973. The topological polar surface area (TPSA) is 26.0 Å². The van der Waals surface area contributed by atoms with Crippen molar-refractivity contribution in [1.82, 2.24) is 0 Å². The monoisotopic (exact) mass is 167 g/mol. The third-order valence-electron chi connectivity index (χ3n) is 1.44. The Morgan fingerprint density at radius 3 is 1.90 bits per heavy atom. The molecule has 1 nitrogen and oxygen atoms in total. The third kappa shape index (κ3) is 1.59. The minimum Gasteiger partial charge on any atom is -0.315 e. The van der Waals surface area contributed by atoms with Crippen LogP contribution in [-0.4, -0.2) is 11.5 Å². The van der Waals surface area contributed by atoms with E-state index in [1.807, 2.05) is 0 Å². The predicted octanol–water partition coefficient (Wildman–Crippen LogP) is 1.17. The van der Waals surface area contributed by atoms with Crippen LogP contribution in [-0.2, 0) is 0 Å². The molecule has 1 aliphatic carbocycles. The van der Waals surface area contributed by atoms with E-state index in [1.54, 1.807) is 0 Å². The maximum absolute atomic E-state index is 12.0. The van der Waals surface area contributed by atoms with E-state index in [-0.39, 0.29) is 25.2 Å². The molecule has 4 heteroatoms. The minimum absolute atomic E-state index is 0. The second-order valence-electron chi connectivity index (χ2n) is 2.51. The van der Waals surface area contributed by atoms with E-state index in [1.165, 1.54) is 0 Å². The quantitative estimate of drug-likeness (QED) is 0.539. The van der Waals surface area contributed by atoms with E-state index in [4.69, 9.17) is 12.2 Å². The molecule has 10 heavy (non-hydrogen) atoms.